The summed E-state index contributed by atoms with van der Waals surface area (Å²) in [4.78, 5) is 18.6. The van der Waals surface area contributed by atoms with Gasteiger partial charge in [0.05, 0.1) is 30.0 Å². The fourth-order valence-corrected chi connectivity index (χ4v) is 3.96. The number of aromatic nitrogens is 4. The number of nitrogens with zero attached hydrogens (tertiary/aromatic N) is 5. The molecule has 0 spiro atoms. The van der Waals surface area contributed by atoms with Crippen LogP contribution in [-0.4, -0.2) is 48.0 Å². The molecule has 0 radical (unpaired) electrons. The van der Waals surface area contributed by atoms with Gasteiger partial charge in [-0.2, -0.15) is 18.3 Å². The van der Waals surface area contributed by atoms with Gasteiger partial charge in [0, 0.05) is 24.5 Å². The number of alkyl halides is 3. The van der Waals surface area contributed by atoms with Crippen LogP contribution in [-0.2, 0) is 19.2 Å². The molecule has 0 fully saturated rings. The lowest BCUT2D eigenvalue weighted by Crippen LogP contribution is -2.45. The summed E-state index contributed by atoms with van der Waals surface area (Å²) < 4.78 is 42.9. The summed E-state index contributed by atoms with van der Waals surface area (Å²) in [5.41, 5.74) is -1.09. The normalized spacial score (nSPS) is 18.5. The predicted octanol–water partition coefficient (Wildman–Crippen LogP) is 2.74. The van der Waals surface area contributed by atoms with Crippen LogP contribution in [0.4, 0.5) is 13.2 Å². The van der Waals surface area contributed by atoms with Crippen molar-refractivity contribution in [2.45, 2.75) is 38.2 Å². The molecule has 0 unspecified atom stereocenters. The molecule has 10 heteroatoms. The molecular weight excluding hydrogens is 411 g/mol. The van der Waals surface area contributed by atoms with E-state index in [4.69, 9.17) is 6.42 Å². The molecule has 0 saturated heterocycles. The second kappa shape index (κ2) is 6.85. The number of fused-ring (bicyclic) bond motifs is 2. The third kappa shape index (κ3) is 3.16. The van der Waals surface area contributed by atoms with E-state index in [1.54, 1.807) is 36.9 Å². The Kier molecular flexibility index (Phi) is 4.63. The highest BCUT2D eigenvalue weighted by molar-refractivity contribution is 6.05. The summed E-state index contributed by atoms with van der Waals surface area (Å²) in [6, 6.07) is 4.70. The van der Waals surface area contributed by atoms with E-state index < -0.39 is 23.6 Å². The van der Waals surface area contributed by atoms with Crippen molar-refractivity contribution in [2.24, 2.45) is 7.05 Å². The van der Waals surface area contributed by atoms with Crippen LogP contribution < -0.4 is 0 Å². The lowest BCUT2D eigenvalue weighted by Gasteiger charge is -2.36. The van der Waals surface area contributed by atoms with Gasteiger partial charge in [-0.25, -0.2) is 4.98 Å². The van der Waals surface area contributed by atoms with Gasteiger partial charge in [-0.05, 0) is 32.0 Å². The molecule has 0 saturated carbocycles. The SMILES string of the molecule is C#Cc1ccc2c(C(=O)N3Cc4cnc([C@@](C)(O)C(F)(F)F)n4[C@@H](C)C3)nn(C)c2c1. The topological polar surface area (TPSA) is 76.2 Å². The van der Waals surface area contributed by atoms with E-state index in [0.717, 1.165) is 0 Å². The highest BCUT2D eigenvalue weighted by atomic mass is 19.4. The molecule has 4 rings (SSSR count). The minimum Gasteiger partial charge on any atom is -0.374 e. The number of carbonyl (C=O) groups excluding carboxylic acids is 1. The number of amides is 1. The Balaban J connectivity index is 1.69. The van der Waals surface area contributed by atoms with Crippen LogP contribution in [0.3, 0.4) is 0 Å². The number of rotatable bonds is 2. The number of halogens is 3. The van der Waals surface area contributed by atoms with Crippen molar-refractivity contribution >= 4 is 16.8 Å². The Morgan fingerprint density at radius 3 is 2.71 bits per heavy atom. The fraction of sp³-hybridized carbons (Fsp3) is 0.381. The van der Waals surface area contributed by atoms with E-state index >= 15 is 0 Å². The second-order valence-corrected chi connectivity index (χ2v) is 7.90. The predicted molar refractivity (Wildman–Crippen MR) is 106 cm³/mol. The maximum atomic E-state index is 13.3. The quantitative estimate of drug-likeness (QED) is 0.633. The van der Waals surface area contributed by atoms with E-state index in [1.807, 2.05) is 0 Å². The second-order valence-electron chi connectivity index (χ2n) is 7.90. The number of terminal acetylenes is 1. The first kappa shape index (κ1) is 20.9. The summed E-state index contributed by atoms with van der Waals surface area (Å²) in [5.74, 6) is 1.71. The lowest BCUT2D eigenvalue weighted by atomic mass is 10.0. The van der Waals surface area contributed by atoms with E-state index in [1.165, 1.54) is 15.7 Å². The minimum absolute atomic E-state index is 0.0462. The van der Waals surface area contributed by atoms with Gasteiger partial charge in [0.1, 0.15) is 0 Å². The van der Waals surface area contributed by atoms with Crippen LogP contribution >= 0.6 is 0 Å². The van der Waals surface area contributed by atoms with Gasteiger partial charge < -0.3 is 14.6 Å². The number of aliphatic hydroxyl groups is 1. The number of benzene rings is 1. The molecule has 7 nitrogen and oxygen atoms in total. The number of hydrogen-bond donors (Lipinski definition) is 1. The van der Waals surface area contributed by atoms with Gasteiger partial charge in [0.2, 0.25) is 5.60 Å². The standard InChI is InChI=1S/C21H20F3N5O2/c1-5-13-6-7-15-16(8-13)27(4)26-17(15)18(30)28-10-12(2)29-14(11-28)9-25-19(29)20(3,31)21(22,23)24/h1,6-9,12,31H,10-11H2,2-4H3/t12-,20+/m0/s1. The summed E-state index contributed by atoms with van der Waals surface area (Å²) in [6.45, 7) is 2.54. The van der Waals surface area contributed by atoms with Gasteiger partial charge in [-0.15, -0.1) is 6.42 Å². The molecule has 3 aromatic rings. The molecule has 1 amide bonds. The molecule has 3 heterocycles. The average molecular weight is 431 g/mol. The van der Waals surface area contributed by atoms with Crippen molar-refractivity contribution in [1.29, 1.82) is 0 Å². The van der Waals surface area contributed by atoms with Crippen LogP contribution in [0.1, 0.15) is 47.5 Å². The highest BCUT2D eigenvalue weighted by Crippen LogP contribution is 2.40. The molecule has 162 valence electrons. The first-order chi connectivity index (χ1) is 14.5. The molecule has 0 bridgehead atoms. The highest BCUT2D eigenvalue weighted by Gasteiger charge is 2.55. The van der Waals surface area contributed by atoms with Crippen molar-refractivity contribution in [3.8, 4) is 12.3 Å². The first-order valence-electron chi connectivity index (χ1n) is 9.54. The molecular formula is C21H20F3N5O2. The van der Waals surface area contributed by atoms with Gasteiger partial charge >= 0.3 is 6.18 Å². The van der Waals surface area contributed by atoms with Crippen molar-refractivity contribution in [3.05, 3.63) is 47.2 Å². The van der Waals surface area contributed by atoms with Crippen LogP contribution in [0.25, 0.3) is 10.9 Å². The zero-order chi connectivity index (χ0) is 22.7. The maximum Gasteiger partial charge on any atom is 0.424 e. The largest absolute Gasteiger partial charge is 0.424 e. The fourth-order valence-electron chi connectivity index (χ4n) is 3.96. The third-order valence-electron chi connectivity index (χ3n) is 5.65. The van der Waals surface area contributed by atoms with Gasteiger partial charge in [0.25, 0.3) is 5.91 Å². The smallest absolute Gasteiger partial charge is 0.374 e. The first-order valence-corrected chi connectivity index (χ1v) is 9.54. The Morgan fingerprint density at radius 1 is 1.35 bits per heavy atom. The Bertz CT molecular complexity index is 1230. The lowest BCUT2D eigenvalue weighted by molar-refractivity contribution is -0.263. The average Bonchev–Trinajstić information content (AvgIpc) is 3.28. The van der Waals surface area contributed by atoms with Crippen molar-refractivity contribution in [1.82, 2.24) is 24.2 Å². The molecule has 0 aliphatic carbocycles. The van der Waals surface area contributed by atoms with Crippen molar-refractivity contribution < 1.29 is 23.1 Å². The molecule has 1 N–H and O–H groups in total. The van der Waals surface area contributed by atoms with Crippen LogP contribution in [0.5, 0.6) is 0 Å². The number of aryl methyl sites for hydroxylation is 1. The molecule has 1 aromatic carbocycles. The Morgan fingerprint density at radius 2 is 2.06 bits per heavy atom. The third-order valence-corrected chi connectivity index (χ3v) is 5.65. The van der Waals surface area contributed by atoms with E-state index in [0.29, 0.717) is 29.1 Å². The van der Waals surface area contributed by atoms with Gasteiger partial charge in [0.15, 0.2) is 11.5 Å². The van der Waals surface area contributed by atoms with Gasteiger partial charge in [-0.3, -0.25) is 9.48 Å². The number of imidazole rings is 1. The van der Waals surface area contributed by atoms with E-state index in [-0.39, 0.29) is 24.7 Å². The van der Waals surface area contributed by atoms with Crippen molar-refractivity contribution in [2.75, 3.05) is 6.54 Å². The van der Waals surface area contributed by atoms with Crippen LogP contribution in [0, 0.1) is 12.3 Å². The molecule has 1 aliphatic heterocycles. The zero-order valence-corrected chi connectivity index (χ0v) is 17.1. The summed E-state index contributed by atoms with van der Waals surface area (Å²) in [6.07, 6.45) is 1.83. The van der Waals surface area contributed by atoms with Crippen molar-refractivity contribution in [3.63, 3.8) is 0 Å². The Labute approximate surface area is 176 Å². The maximum absolute atomic E-state index is 13.3. The molecule has 31 heavy (non-hydrogen) atoms. The molecule has 2 atom stereocenters. The van der Waals surface area contributed by atoms with E-state index in [2.05, 4.69) is 16.0 Å². The summed E-state index contributed by atoms with van der Waals surface area (Å²) in [7, 11) is 1.71. The number of carbonyl (C=O) groups is 1. The van der Waals surface area contributed by atoms with E-state index in [9.17, 15) is 23.1 Å². The van der Waals surface area contributed by atoms with Crippen LogP contribution in [0.2, 0.25) is 0 Å². The Hall–Kier alpha value is -3.32. The summed E-state index contributed by atoms with van der Waals surface area (Å²) in [5, 5.41) is 15.1. The summed E-state index contributed by atoms with van der Waals surface area (Å²) >= 11 is 0. The molecule has 1 aliphatic rings. The monoisotopic (exact) mass is 431 g/mol. The minimum atomic E-state index is -4.88. The van der Waals surface area contributed by atoms with Gasteiger partial charge in [-0.1, -0.05) is 5.92 Å². The molecule has 2 aromatic heterocycles. The zero-order valence-electron chi connectivity index (χ0n) is 17.1. The number of hydrogen-bond acceptors (Lipinski definition) is 4. The van der Waals surface area contributed by atoms with Crippen LogP contribution in [0.15, 0.2) is 24.4 Å².